The number of amides is 1. The number of amidine groups is 1. The van der Waals surface area contributed by atoms with E-state index in [0.717, 1.165) is 21.3 Å². The minimum absolute atomic E-state index is 0.183. The van der Waals surface area contributed by atoms with Crippen molar-refractivity contribution in [1.29, 1.82) is 0 Å². The van der Waals surface area contributed by atoms with Crippen LogP contribution in [-0.2, 0) is 4.79 Å². The Hall–Kier alpha value is -2.92. The fraction of sp³-hybridized carbons (Fsp3) is 0.0476. The fourth-order valence-corrected chi connectivity index (χ4v) is 3.32. The maximum absolute atomic E-state index is 13.1. The third-order valence-corrected chi connectivity index (χ3v) is 4.75. The largest absolute Gasteiger partial charge is 0.465 e. The molecular weight excluding hydrogens is 392 g/mol. The Kier molecular flexibility index (Phi) is 4.31. The van der Waals surface area contributed by atoms with Gasteiger partial charge in [0.15, 0.2) is 0 Å². The number of hydrogen-bond acceptors (Lipinski definition) is 3. The number of halogens is 1. The molecule has 1 aromatic heterocycles. The second-order valence-electron chi connectivity index (χ2n) is 5.94. The van der Waals surface area contributed by atoms with Crippen molar-refractivity contribution < 1.29 is 9.21 Å². The summed E-state index contributed by atoms with van der Waals surface area (Å²) in [5.74, 6) is 0.998. The third-order valence-electron chi connectivity index (χ3n) is 4.06. The van der Waals surface area contributed by atoms with Crippen LogP contribution in [0.15, 0.2) is 86.5 Å². The van der Waals surface area contributed by atoms with Crippen molar-refractivity contribution in [3.63, 3.8) is 0 Å². The zero-order valence-electron chi connectivity index (χ0n) is 14.0. The molecule has 0 radical (unpaired) electrons. The van der Waals surface area contributed by atoms with Crippen molar-refractivity contribution >= 4 is 39.4 Å². The summed E-state index contributed by atoms with van der Waals surface area (Å²) in [7, 11) is 0. The number of carbonyl (C=O) groups is 1. The van der Waals surface area contributed by atoms with Crippen LogP contribution in [0.2, 0.25) is 0 Å². The highest BCUT2D eigenvalue weighted by molar-refractivity contribution is 9.10. The molecule has 0 N–H and O–H groups in total. The van der Waals surface area contributed by atoms with E-state index in [0.29, 0.717) is 17.3 Å². The van der Waals surface area contributed by atoms with Gasteiger partial charge in [-0.2, -0.15) is 0 Å². The van der Waals surface area contributed by atoms with Crippen LogP contribution in [0.3, 0.4) is 0 Å². The maximum atomic E-state index is 13.1. The Bertz CT molecular complexity index is 1040. The molecule has 26 heavy (non-hydrogen) atoms. The average Bonchev–Trinajstić information content (AvgIpc) is 3.24. The molecule has 0 bridgehead atoms. The van der Waals surface area contributed by atoms with E-state index in [1.807, 2.05) is 55.5 Å². The second-order valence-corrected chi connectivity index (χ2v) is 6.79. The lowest BCUT2D eigenvalue weighted by Gasteiger charge is -2.19. The number of aliphatic imine (C=N–C) groups is 1. The molecule has 0 spiro atoms. The predicted octanol–water partition coefficient (Wildman–Crippen LogP) is 5.19. The lowest BCUT2D eigenvalue weighted by Crippen LogP contribution is -2.32. The highest BCUT2D eigenvalue weighted by Gasteiger charge is 2.33. The van der Waals surface area contributed by atoms with Crippen LogP contribution in [0.5, 0.6) is 0 Å². The van der Waals surface area contributed by atoms with Crippen LogP contribution in [-0.4, -0.2) is 11.7 Å². The van der Waals surface area contributed by atoms with Crippen LogP contribution in [0.25, 0.3) is 6.08 Å². The standard InChI is InChI=1S/C21H15BrN2O2/c1-14-6-4-7-15(12-14)24-20(17-9-2-3-10-18(17)22)23-19(21(24)25)13-16-8-5-11-26-16/h2-13H,1H3/b19-13+. The molecule has 4 rings (SSSR count). The monoisotopic (exact) mass is 406 g/mol. The Morgan fingerprint density at radius 3 is 2.65 bits per heavy atom. The number of nitrogens with zero attached hydrogens (tertiary/aromatic N) is 2. The van der Waals surface area contributed by atoms with Gasteiger partial charge in [-0.05, 0) is 42.8 Å². The van der Waals surface area contributed by atoms with E-state index in [2.05, 4.69) is 20.9 Å². The molecule has 128 valence electrons. The van der Waals surface area contributed by atoms with Crippen molar-refractivity contribution in [1.82, 2.24) is 0 Å². The van der Waals surface area contributed by atoms with Gasteiger partial charge in [-0.25, -0.2) is 4.99 Å². The summed E-state index contributed by atoms with van der Waals surface area (Å²) >= 11 is 3.56. The molecule has 5 heteroatoms. The van der Waals surface area contributed by atoms with Gasteiger partial charge < -0.3 is 4.42 Å². The average molecular weight is 407 g/mol. The Labute approximate surface area is 159 Å². The maximum Gasteiger partial charge on any atom is 0.282 e. The fourth-order valence-electron chi connectivity index (χ4n) is 2.85. The molecule has 1 aliphatic rings. The molecule has 0 saturated heterocycles. The topological polar surface area (TPSA) is 45.8 Å². The van der Waals surface area contributed by atoms with Crippen molar-refractivity contribution in [2.75, 3.05) is 4.90 Å². The molecular formula is C21H15BrN2O2. The highest BCUT2D eigenvalue weighted by Crippen LogP contribution is 2.30. The molecule has 0 fully saturated rings. The summed E-state index contributed by atoms with van der Waals surface area (Å²) < 4.78 is 6.22. The Morgan fingerprint density at radius 1 is 1.08 bits per heavy atom. The van der Waals surface area contributed by atoms with E-state index < -0.39 is 0 Å². The van der Waals surface area contributed by atoms with Gasteiger partial charge in [0.05, 0.1) is 12.0 Å². The van der Waals surface area contributed by atoms with Crippen LogP contribution in [0, 0.1) is 6.92 Å². The summed E-state index contributed by atoms with van der Waals surface area (Å²) in [4.78, 5) is 19.4. The molecule has 1 amide bonds. The van der Waals surface area contributed by atoms with Gasteiger partial charge in [0, 0.05) is 16.1 Å². The predicted molar refractivity (Wildman–Crippen MR) is 106 cm³/mol. The van der Waals surface area contributed by atoms with E-state index in [1.165, 1.54) is 0 Å². The second kappa shape index (κ2) is 6.77. The van der Waals surface area contributed by atoms with Crippen molar-refractivity contribution in [2.45, 2.75) is 6.92 Å². The molecule has 2 aromatic carbocycles. The van der Waals surface area contributed by atoms with Crippen molar-refractivity contribution in [2.24, 2.45) is 4.99 Å². The first-order valence-electron chi connectivity index (χ1n) is 8.13. The van der Waals surface area contributed by atoms with E-state index in [1.54, 1.807) is 29.4 Å². The molecule has 0 aliphatic carbocycles. The van der Waals surface area contributed by atoms with Crippen LogP contribution < -0.4 is 4.90 Å². The molecule has 0 saturated carbocycles. The smallest absolute Gasteiger partial charge is 0.282 e. The summed E-state index contributed by atoms with van der Waals surface area (Å²) in [6, 6.07) is 19.1. The zero-order valence-corrected chi connectivity index (χ0v) is 15.6. The molecule has 2 heterocycles. The normalized spacial score (nSPS) is 15.6. The van der Waals surface area contributed by atoms with Crippen molar-refractivity contribution in [3.05, 3.63) is 94.0 Å². The minimum atomic E-state index is -0.183. The number of hydrogen-bond donors (Lipinski definition) is 0. The Balaban J connectivity index is 1.87. The number of aryl methyl sites for hydroxylation is 1. The van der Waals surface area contributed by atoms with Gasteiger partial charge >= 0.3 is 0 Å². The summed E-state index contributed by atoms with van der Waals surface area (Å²) in [6.45, 7) is 2.00. The lowest BCUT2D eigenvalue weighted by atomic mass is 10.1. The first-order chi connectivity index (χ1) is 12.6. The van der Waals surface area contributed by atoms with Gasteiger partial charge in [0.2, 0.25) is 0 Å². The van der Waals surface area contributed by atoms with Gasteiger partial charge in [0.25, 0.3) is 5.91 Å². The van der Waals surface area contributed by atoms with E-state index in [-0.39, 0.29) is 5.91 Å². The number of furan rings is 1. The minimum Gasteiger partial charge on any atom is -0.465 e. The van der Waals surface area contributed by atoms with Gasteiger partial charge in [-0.3, -0.25) is 9.69 Å². The zero-order chi connectivity index (χ0) is 18.1. The van der Waals surface area contributed by atoms with Gasteiger partial charge in [-0.1, -0.05) is 46.3 Å². The summed E-state index contributed by atoms with van der Waals surface area (Å²) in [5.41, 5.74) is 3.05. The summed E-state index contributed by atoms with van der Waals surface area (Å²) in [6.07, 6.45) is 3.23. The van der Waals surface area contributed by atoms with E-state index in [9.17, 15) is 4.79 Å². The van der Waals surface area contributed by atoms with Crippen LogP contribution >= 0.6 is 15.9 Å². The van der Waals surface area contributed by atoms with E-state index >= 15 is 0 Å². The number of anilines is 1. The number of benzene rings is 2. The SMILES string of the molecule is Cc1cccc(N2C(=O)/C(=C\c3ccco3)N=C2c2ccccc2Br)c1. The number of rotatable bonds is 3. The molecule has 4 nitrogen and oxygen atoms in total. The third kappa shape index (κ3) is 3.02. The van der Waals surface area contributed by atoms with Crippen LogP contribution in [0.1, 0.15) is 16.9 Å². The van der Waals surface area contributed by atoms with Crippen molar-refractivity contribution in [3.8, 4) is 0 Å². The number of carbonyl (C=O) groups excluding carboxylic acids is 1. The summed E-state index contributed by atoms with van der Waals surface area (Å²) in [5, 5.41) is 0. The first-order valence-corrected chi connectivity index (χ1v) is 8.93. The Morgan fingerprint density at radius 2 is 1.92 bits per heavy atom. The quantitative estimate of drug-likeness (QED) is 0.562. The molecule has 3 aromatic rings. The molecule has 0 unspecified atom stereocenters. The van der Waals surface area contributed by atoms with Gasteiger partial charge in [0.1, 0.15) is 17.3 Å². The lowest BCUT2D eigenvalue weighted by molar-refractivity contribution is -0.113. The van der Waals surface area contributed by atoms with E-state index in [4.69, 9.17) is 4.42 Å². The van der Waals surface area contributed by atoms with Gasteiger partial charge in [-0.15, -0.1) is 0 Å². The van der Waals surface area contributed by atoms with Crippen LogP contribution in [0.4, 0.5) is 5.69 Å². The molecule has 0 atom stereocenters. The molecule has 1 aliphatic heterocycles. The first kappa shape index (κ1) is 16.5. The highest BCUT2D eigenvalue weighted by atomic mass is 79.9.